The fourth-order valence-electron chi connectivity index (χ4n) is 1.96. The summed E-state index contributed by atoms with van der Waals surface area (Å²) >= 11 is 0.229. The lowest BCUT2D eigenvalue weighted by Crippen LogP contribution is -2.17. The normalized spacial score (nSPS) is 11.2. The second-order valence-corrected chi connectivity index (χ2v) is 6.30. The van der Waals surface area contributed by atoms with Crippen molar-refractivity contribution < 1.29 is 22.8 Å². The molecule has 0 aliphatic heterocycles. The van der Waals surface area contributed by atoms with E-state index in [9.17, 15) is 22.8 Å². The van der Waals surface area contributed by atoms with Gasteiger partial charge in [-0.1, -0.05) is 29.0 Å². The van der Waals surface area contributed by atoms with Gasteiger partial charge in [0.1, 0.15) is 0 Å². The first-order valence-electron chi connectivity index (χ1n) is 7.23. The first-order chi connectivity index (χ1) is 11.6. The van der Waals surface area contributed by atoms with E-state index in [-0.39, 0.29) is 35.2 Å². The van der Waals surface area contributed by atoms with Gasteiger partial charge in [0, 0.05) is 18.5 Å². The standard InChI is InChI=1S/C15H15F3N4O2S/c1-8-3-4-10(9(2)7-8)19-11(23)5-6-12(24)20-14-22-21-13(25-14)15(16,17)18/h3-4,7H,5-6H2,1-2H3,(H,19,23)(H,20,22,24). The van der Waals surface area contributed by atoms with Crippen molar-refractivity contribution in [1.29, 1.82) is 0 Å². The fourth-order valence-corrected chi connectivity index (χ4v) is 2.59. The molecule has 0 unspecified atom stereocenters. The van der Waals surface area contributed by atoms with Crippen LogP contribution < -0.4 is 10.6 Å². The molecule has 2 amide bonds. The lowest BCUT2D eigenvalue weighted by Gasteiger charge is -2.09. The second kappa shape index (κ2) is 7.60. The van der Waals surface area contributed by atoms with Gasteiger partial charge in [0.05, 0.1) is 0 Å². The van der Waals surface area contributed by atoms with Gasteiger partial charge in [0.2, 0.25) is 22.0 Å². The number of amides is 2. The van der Waals surface area contributed by atoms with Crippen molar-refractivity contribution in [2.45, 2.75) is 32.9 Å². The number of aryl methyl sites for hydroxylation is 2. The molecular formula is C15H15F3N4O2S. The molecule has 0 bridgehead atoms. The smallest absolute Gasteiger partial charge is 0.326 e. The highest BCUT2D eigenvalue weighted by molar-refractivity contribution is 7.15. The summed E-state index contributed by atoms with van der Waals surface area (Å²) in [6, 6.07) is 5.53. The van der Waals surface area contributed by atoms with E-state index >= 15 is 0 Å². The van der Waals surface area contributed by atoms with Gasteiger partial charge >= 0.3 is 6.18 Å². The molecule has 1 aromatic carbocycles. The summed E-state index contributed by atoms with van der Waals surface area (Å²) in [6.07, 6.45) is -4.89. The summed E-state index contributed by atoms with van der Waals surface area (Å²) in [4.78, 5) is 23.6. The van der Waals surface area contributed by atoms with Crippen LogP contribution in [0.15, 0.2) is 18.2 Å². The number of alkyl halides is 3. The Balaban J connectivity index is 1.83. The number of halogens is 3. The minimum absolute atomic E-state index is 0.107. The Morgan fingerprint density at radius 3 is 2.28 bits per heavy atom. The minimum Gasteiger partial charge on any atom is -0.326 e. The van der Waals surface area contributed by atoms with Gasteiger partial charge < -0.3 is 10.6 Å². The molecule has 2 rings (SSSR count). The minimum atomic E-state index is -4.60. The SMILES string of the molecule is Cc1ccc(NC(=O)CCC(=O)Nc2nnc(C(F)(F)F)s2)c(C)c1. The first kappa shape index (κ1) is 18.8. The van der Waals surface area contributed by atoms with Gasteiger partial charge in [-0.2, -0.15) is 13.2 Å². The monoisotopic (exact) mass is 372 g/mol. The molecule has 0 aliphatic carbocycles. The highest BCUT2D eigenvalue weighted by Crippen LogP contribution is 2.33. The Morgan fingerprint density at radius 2 is 1.72 bits per heavy atom. The van der Waals surface area contributed by atoms with Crippen LogP contribution >= 0.6 is 11.3 Å². The number of hydrogen-bond donors (Lipinski definition) is 2. The maximum Gasteiger partial charge on any atom is 0.445 e. The van der Waals surface area contributed by atoms with Crippen molar-refractivity contribution in [1.82, 2.24) is 10.2 Å². The van der Waals surface area contributed by atoms with Gasteiger partial charge in [-0.05, 0) is 25.5 Å². The van der Waals surface area contributed by atoms with Crippen molar-refractivity contribution >= 4 is 34.0 Å². The first-order valence-corrected chi connectivity index (χ1v) is 8.04. The van der Waals surface area contributed by atoms with Crippen LogP contribution in [0.25, 0.3) is 0 Å². The van der Waals surface area contributed by atoms with Crippen molar-refractivity contribution in [2.75, 3.05) is 10.6 Å². The number of nitrogens with zero attached hydrogens (tertiary/aromatic N) is 2. The van der Waals surface area contributed by atoms with Gasteiger partial charge in [0.15, 0.2) is 0 Å². The molecule has 0 saturated heterocycles. The third-order valence-electron chi connectivity index (χ3n) is 3.15. The number of anilines is 2. The van der Waals surface area contributed by atoms with Crippen LogP contribution in [0.3, 0.4) is 0 Å². The molecular weight excluding hydrogens is 357 g/mol. The van der Waals surface area contributed by atoms with Gasteiger partial charge in [0.25, 0.3) is 0 Å². The van der Waals surface area contributed by atoms with E-state index < -0.39 is 17.1 Å². The molecule has 0 atom stereocenters. The van der Waals surface area contributed by atoms with E-state index in [1.54, 1.807) is 6.07 Å². The number of rotatable bonds is 5. The van der Waals surface area contributed by atoms with Crippen LogP contribution in [0.2, 0.25) is 0 Å². The van der Waals surface area contributed by atoms with Crippen LogP contribution in [0, 0.1) is 13.8 Å². The molecule has 10 heteroatoms. The average Bonchev–Trinajstić information content (AvgIpc) is 2.97. The van der Waals surface area contributed by atoms with Crippen molar-refractivity contribution in [3.63, 3.8) is 0 Å². The van der Waals surface area contributed by atoms with Crippen LogP contribution in [-0.4, -0.2) is 22.0 Å². The molecule has 6 nitrogen and oxygen atoms in total. The van der Waals surface area contributed by atoms with Gasteiger partial charge in [-0.25, -0.2) is 0 Å². The Bertz CT molecular complexity index is 789. The summed E-state index contributed by atoms with van der Waals surface area (Å²) in [6.45, 7) is 3.78. The molecule has 134 valence electrons. The molecule has 0 spiro atoms. The lowest BCUT2D eigenvalue weighted by molar-refractivity contribution is -0.138. The predicted octanol–water partition coefficient (Wildman–Crippen LogP) is 3.53. The van der Waals surface area contributed by atoms with E-state index in [2.05, 4.69) is 20.8 Å². The van der Waals surface area contributed by atoms with Crippen molar-refractivity contribution in [3.05, 3.63) is 34.3 Å². The number of carbonyl (C=O) groups excluding carboxylic acids is 2. The van der Waals surface area contributed by atoms with Gasteiger partial charge in [-0.15, -0.1) is 10.2 Å². The second-order valence-electron chi connectivity index (χ2n) is 5.32. The third kappa shape index (κ3) is 5.52. The predicted molar refractivity (Wildman–Crippen MR) is 87.3 cm³/mol. The third-order valence-corrected chi connectivity index (χ3v) is 4.03. The van der Waals surface area contributed by atoms with E-state index in [0.29, 0.717) is 5.69 Å². The van der Waals surface area contributed by atoms with Crippen LogP contribution in [0.1, 0.15) is 29.0 Å². The molecule has 0 radical (unpaired) electrons. The molecule has 0 saturated carbocycles. The topological polar surface area (TPSA) is 84.0 Å². The molecule has 1 heterocycles. The van der Waals surface area contributed by atoms with E-state index in [0.717, 1.165) is 11.1 Å². The van der Waals surface area contributed by atoms with Crippen LogP contribution in [0.4, 0.5) is 24.0 Å². The summed E-state index contributed by atoms with van der Waals surface area (Å²) in [5.41, 5.74) is 2.60. The summed E-state index contributed by atoms with van der Waals surface area (Å²) in [7, 11) is 0. The van der Waals surface area contributed by atoms with Crippen molar-refractivity contribution in [3.8, 4) is 0 Å². The quantitative estimate of drug-likeness (QED) is 0.841. The number of nitrogens with one attached hydrogen (secondary N) is 2. The Morgan fingerprint density at radius 1 is 1.08 bits per heavy atom. The zero-order chi connectivity index (χ0) is 18.6. The van der Waals surface area contributed by atoms with E-state index in [1.807, 2.05) is 26.0 Å². The zero-order valence-electron chi connectivity index (χ0n) is 13.4. The molecule has 0 fully saturated rings. The molecule has 0 aliphatic rings. The maximum absolute atomic E-state index is 12.4. The fraction of sp³-hybridized carbons (Fsp3) is 0.333. The Kier molecular flexibility index (Phi) is 5.73. The highest BCUT2D eigenvalue weighted by Gasteiger charge is 2.35. The maximum atomic E-state index is 12.4. The molecule has 2 N–H and O–H groups in total. The van der Waals surface area contributed by atoms with Crippen LogP contribution in [-0.2, 0) is 15.8 Å². The number of carbonyl (C=O) groups is 2. The van der Waals surface area contributed by atoms with E-state index in [4.69, 9.17) is 0 Å². The zero-order valence-corrected chi connectivity index (χ0v) is 14.2. The number of hydrogen-bond acceptors (Lipinski definition) is 5. The van der Waals surface area contributed by atoms with Gasteiger partial charge in [-0.3, -0.25) is 9.59 Å². The molecule has 25 heavy (non-hydrogen) atoms. The Labute approximate surface area is 145 Å². The average molecular weight is 372 g/mol. The lowest BCUT2D eigenvalue weighted by atomic mass is 10.1. The van der Waals surface area contributed by atoms with Crippen LogP contribution in [0.5, 0.6) is 0 Å². The highest BCUT2D eigenvalue weighted by atomic mass is 32.1. The number of benzene rings is 1. The number of aromatic nitrogens is 2. The summed E-state index contributed by atoms with van der Waals surface area (Å²) in [5, 5.41) is 9.70. The van der Waals surface area contributed by atoms with E-state index in [1.165, 1.54) is 0 Å². The summed E-state index contributed by atoms with van der Waals surface area (Å²) < 4.78 is 37.2. The van der Waals surface area contributed by atoms with Crippen molar-refractivity contribution in [2.24, 2.45) is 0 Å². The molecule has 1 aromatic heterocycles. The summed E-state index contributed by atoms with van der Waals surface area (Å²) in [5.74, 6) is -0.976. The largest absolute Gasteiger partial charge is 0.445 e. The molecule has 2 aromatic rings. The Hall–Kier alpha value is -2.49.